The van der Waals surface area contributed by atoms with Gasteiger partial charge in [0.05, 0.1) is 12.0 Å². The molecule has 21 heavy (non-hydrogen) atoms. The van der Waals surface area contributed by atoms with E-state index in [0.717, 1.165) is 13.0 Å². The standard InChI is InChI=1S/C17H31NO2Si/c1-11-10-18(6)16(19)15-12(2)14(9-13(11)15)20-21(7,8)17(3,4)5/h12,14-15H,9-10H2,1-8H3/t12-,14+,15+/m1/s1. The molecule has 1 fully saturated rings. The first kappa shape index (κ1) is 16.8. The van der Waals surface area contributed by atoms with Crippen LogP contribution in [0.3, 0.4) is 0 Å². The van der Waals surface area contributed by atoms with Crippen molar-refractivity contribution >= 4 is 14.2 Å². The molecule has 1 heterocycles. The zero-order valence-corrected chi connectivity index (χ0v) is 15.9. The summed E-state index contributed by atoms with van der Waals surface area (Å²) in [4.78, 5) is 14.4. The molecule has 0 aromatic carbocycles. The van der Waals surface area contributed by atoms with Gasteiger partial charge in [0.25, 0.3) is 0 Å². The first-order valence-electron chi connectivity index (χ1n) is 8.07. The van der Waals surface area contributed by atoms with Crippen molar-refractivity contribution in [2.45, 2.75) is 65.3 Å². The van der Waals surface area contributed by atoms with Crippen molar-refractivity contribution in [2.75, 3.05) is 13.6 Å². The average Bonchev–Trinajstić information content (AvgIpc) is 2.63. The van der Waals surface area contributed by atoms with Crippen LogP contribution in [0, 0.1) is 11.8 Å². The molecular formula is C17H31NO2Si. The van der Waals surface area contributed by atoms with Gasteiger partial charge in [0.1, 0.15) is 0 Å². The largest absolute Gasteiger partial charge is 0.413 e. The van der Waals surface area contributed by atoms with Gasteiger partial charge in [-0.2, -0.15) is 0 Å². The second-order valence-corrected chi connectivity index (χ2v) is 13.2. The molecule has 0 bridgehead atoms. The fraction of sp³-hybridized carbons (Fsp3) is 0.824. The molecule has 0 spiro atoms. The van der Waals surface area contributed by atoms with Crippen molar-refractivity contribution < 1.29 is 9.22 Å². The molecule has 0 unspecified atom stereocenters. The minimum atomic E-state index is -1.78. The normalized spacial score (nSPS) is 31.0. The van der Waals surface area contributed by atoms with E-state index >= 15 is 0 Å². The Morgan fingerprint density at radius 3 is 2.38 bits per heavy atom. The second kappa shape index (κ2) is 5.23. The summed E-state index contributed by atoms with van der Waals surface area (Å²) >= 11 is 0. The third-order valence-corrected chi connectivity index (χ3v) is 10.3. The van der Waals surface area contributed by atoms with Crippen LogP contribution in [0.15, 0.2) is 11.1 Å². The molecule has 120 valence electrons. The van der Waals surface area contributed by atoms with Gasteiger partial charge in [0.15, 0.2) is 8.32 Å². The lowest BCUT2D eigenvalue weighted by molar-refractivity contribution is -0.134. The molecule has 0 aromatic rings. The van der Waals surface area contributed by atoms with E-state index < -0.39 is 8.32 Å². The number of carbonyl (C=O) groups is 1. The molecule has 3 nitrogen and oxygen atoms in total. The van der Waals surface area contributed by atoms with E-state index in [0.29, 0.717) is 5.92 Å². The van der Waals surface area contributed by atoms with Gasteiger partial charge in [0.2, 0.25) is 5.91 Å². The molecule has 2 aliphatic rings. The van der Waals surface area contributed by atoms with Crippen molar-refractivity contribution in [3.05, 3.63) is 11.1 Å². The summed E-state index contributed by atoms with van der Waals surface area (Å²) in [5.74, 6) is 0.627. The van der Waals surface area contributed by atoms with Crippen LogP contribution < -0.4 is 0 Å². The third kappa shape index (κ3) is 2.85. The fourth-order valence-electron chi connectivity index (χ4n) is 3.35. The zero-order chi connectivity index (χ0) is 16.2. The molecule has 1 saturated carbocycles. The number of fused-ring (bicyclic) bond motifs is 1. The molecule has 1 amide bonds. The maximum absolute atomic E-state index is 12.5. The highest BCUT2D eigenvalue weighted by atomic mass is 28.4. The van der Waals surface area contributed by atoms with Crippen molar-refractivity contribution in [2.24, 2.45) is 11.8 Å². The number of nitrogens with zero attached hydrogens (tertiary/aromatic N) is 1. The Morgan fingerprint density at radius 1 is 1.29 bits per heavy atom. The molecule has 1 aliphatic heterocycles. The number of hydrogen-bond acceptors (Lipinski definition) is 2. The summed E-state index contributed by atoms with van der Waals surface area (Å²) in [6.45, 7) is 16.6. The highest BCUT2D eigenvalue weighted by Crippen LogP contribution is 2.46. The van der Waals surface area contributed by atoms with Crippen molar-refractivity contribution in [1.82, 2.24) is 4.90 Å². The van der Waals surface area contributed by atoms with Gasteiger partial charge in [-0.25, -0.2) is 0 Å². The van der Waals surface area contributed by atoms with Crippen molar-refractivity contribution in [1.29, 1.82) is 0 Å². The predicted molar refractivity (Wildman–Crippen MR) is 89.7 cm³/mol. The topological polar surface area (TPSA) is 29.5 Å². The zero-order valence-electron chi connectivity index (χ0n) is 14.9. The quantitative estimate of drug-likeness (QED) is 0.573. The summed E-state index contributed by atoms with van der Waals surface area (Å²) < 4.78 is 6.63. The predicted octanol–water partition coefficient (Wildman–Crippen LogP) is 3.82. The van der Waals surface area contributed by atoms with Gasteiger partial charge < -0.3 is 9.33 Å². The molecule has 1 aliphatic carbocycles. The lowest BCUT2D eigenvalue weighted by Crippen LogP contribution is -2.45. The Balaban J connectivity index is 2.24. The Morgan fingerprint density at radius 2 is 1.86 bits per heavy atom. The number of likely N-dealkylation sites (N-methyl/N-ethyl adjacent to an activating group) is 1. The van der Waals surface area contributed by atoms with Gasteiger partial charge in [-0.3, -0.25) is 4.79 Å². The van der Waals surface area contributed by atoms with Crippen LogP contribution in [-0.2, 0) is 9.22 Å². The number of rotatable bonds is 2. The second-order valence-electron chi connectivity index (χ2n) is 8.46. The lowest BCUT2D eigenvalue weighted by atomic mass is 9.87. The van der Waals surface area contributed by atoms with Gasteiger partial charge in [-0.1, -0.05) is 38.8 Å². The van der Waals surface area contributed by atoms with Gasteiger partial charge in [0, 0.05) is 13.6 Å². The van der Waals surface area contributed by atoms with Crippen LogP contribution in [0.1, 0.15) is 41.0 Å². The van der Waals surface area contributed by atoms with E-state index in [9.17, 15) is 4.79 Å². The Labute approximate surface area is 130 Å². The van der Waals surface area contributed by atoms with E-state index in [1.165, 1.54) is 11.1 Å². The summed E-state index contributed by atoms with van der Waals surface area (Å²) in [5, 5.41) is 0.213. The van der Waals surface area contributed by atoms with Gasteiger partial charge in [-0.05, 0) is 37.4 Å². The van der Waals surface area contributed by atoms with Crippen molar-refractivity contribution in [3.63, 3.8) is 0 Å². The van der Waals surface area contributed by atoms with Crippen LogP contribution in [0.4, 0.5) is 0 Å². The van der Waals surface area contributed by atoms with E-state index in [1.807, 2.05) is 11.9 Å². The molecule has 2 rings (SSSR count). The molecule has 0 N–H and O–H groups in total. The van der Waals surface area contributed by atoms with Crippen LogP contribution in [-0.4, -0.2) is 38.8 Å². The van der Waals surface area contributed by atoms with E-state index in [-0.39, 0.29) is 23.0 Å². The molecular weight excluding hydrogens is 278 g/mol. The first-order valence-corrected chi connectivity index (χ1v) is 11.0. The van der Waals surface area contributed by atoms with Crippen LogP contribution in [0.2, 0.25) is 18.1 Å². The highest BCUT2D eigenvalue weighted by molar-refractivity contribution is 6.74. The minimum absolute atomic E-state index is 0.0542. The Bertz CT molecular complexity index is 476. The van der Waals surface area contributed by atoms with Crippen LogP contribution in [0.25, 0.3) is 0 Å². The summed E-state index contributed by atoms with van der Waals surface area (Å²) in [6, 6.07) is 0. The van der Waals surface area contributed by atoms with Gasteiger partial charge in [-0.15, -0.1) is 0 Å². The number of carbonyl (C=O) groups excluding carboxylic acids is 1. The Kier molecular flexibility index (Phi) is 4.18. The van der Waals surface area contributed by atoms with Crippen LogP contribution in [0.5, 0.6) is 0 Å². The summed E-state index contributed by atoms with van der Waals surface area (Å²) in [7, 11) is 0.129. The molecule has 4 heteroatoms. The van der Waals surface area contributed by atoms with Crippen molar-refractivity contribution in [3.8, 4) is 0 Å². The fourth-order valence-corrected chi connectivity index (χ4v) is 4.76. The van der Waals surface area contributed by atoms with Gasteiger partial charge >= 0.3 is 0 Å². The molecule has 0 radical (unpaired) electrons. The van der Waals surface area contributed by atoms with E-state index in [2.05, 4.69) is 47.7 Å². The van der Waals surface area contributed by atoms with E-state index in [4.69, 9.17) is 4.43 Å². The average molecular weight is 310 g/mol. The monoisotopic (exact) mass is 309 g/mol. The minimum Gasteiger partial charge on any atom is -0.413 e. The SMILES string of the molecule is CC1=C2C[C@H](O[Si](C)(C)C(C)(C)C)[C@@H](C)[C@@H]2C(=O)N(C)C1. The molecule has 0 aromatic heterocycles. The van der Waals surface area contributed by atoms with Crippen LogP contribution >= 0.6 is 0 Å². The number of hydrogen-bond donors (Lipinski definition) is 0. The highest BCUT2D eigenvalue weighted by Gasteiger charge is 2.49. The smallest absolute Gasteiger partial charge is 0.230 e. The third-order valence-electron chi connectivity index (χ3n) is 5.83. The lowest BCUT2D eigenvalue weighted by Gasteiger charge is -2.39. The number of amides is 1. The summed E-state index contributed by atoms with van der Waals surface area (Å²) in [6.07, 6.45) is 1.15. The molecule has 0 saturated heterocycles. The van der Waals surface area contributed by atoms with E-state index in [1.54, 1.807) is 0 Å². The maximum Gasteiger partial charge on any atom is 0.230 e. The molecule has 3 atom stereocenters. The summed E-state index contributed by atoms with van der Waals surface area (Å²) in [5.41, 5.74) is 2.73. The first-order chi connectivity index (χ1) is 9.45. The Hall–Kier alpha value is -0.613. The maximum atomic E-state index is 12.5.